The summed E-state index contributed by atoms with van der Waals surface area (Å²) in [5.41, 5.74) is -1.10. The summed E-state index contributed by atoms with van der Waals surface area (Å²) in [6, 6.07) is 0. The molecule has 1 saturated heterocycles. The number of ether oxygens (including phenoxy) is 1. The normalized spacial score (nSPS) is 25.5. The van der Waals surface area contributed by atoms with Crippen molar-refractivity contribution in [3.05, 3.63) is 0 Å². The first-order chi connectivity index (χ1) is 8.45. The summed E-state index contributed by atoms with van der Waals surface area (Å²) in [4.78, 5) is 24.9. The number of carbonyl (C=O) groups excluding carboxylic acids is 1. The van der Waals surface area contributed by atoms with E-state index in [1.165, 1.54) is 0 Å². The zero-order valence-electron chi connectivity index (χ0n) is 11.0. The molecule has 1 aliphatic carbocycles. The Kier molecular flexibility index (Phi) is 3.61. The van der Waals surface area contributed by atoms with Crippen LogP contribution in [0.1, 0.15) is 33.1 Å². The average Bonchev–Trinajstić information content (AvgIpc) is 2.99. The van der Waals surface area contributed by atoms with E-state index >= 15 is 0 Å². The van der Waals surface area contributed by atoms with Gasteiger partial charge in [-0.15, -0.1) is 0 Å². The Morgan fingerprint density at radius 1 is 1.44 bits per heavy atom. The highest BCUT2D eigenvalue weighted by atomic mass is 16.5. The molecule has 2 rings (SSSR count). The quantitative estimate of drug-likeness (QED) is 0.748. The van der Waals surface area contributed by atoms with E-state index in [1.54, 1.807) is 4.90 Å². The van der Waals surface area contributed by atoms with E-state index < -0.39 is 11.4 Å². The van der Waals surface area contributed by atoms with Crippen molar-refractivity contribution < 1.29 is 19.4 Å². The maximum atomic E-state index is 12.1. The van der Waals surface area contributed by atoms with E-state index in [-0.39, 0.29) is 12.0 Å². The zero-order chi connectivity index (χ0) is 13.3. The highest BCUT2D eigenvalue weighted by Crippen LogP contribution is 2.47. The number of rotatable bonds is 5. The standard InChI is InChI=1S/C13H21NO4/c1-9(2)8-18-10-3-6-14(7-10)11(15)13(4-5-13)12(16)17/h9-10H,3-8H2,1-2H3,(H,16,17). The SMILES string of the molecule is CC(C)COC1CCN(C(=O)C2(C(=O)O)CC2)C1. The number of amides is 1. The largest absolute Gasteiger partial charge is 0.480 e. The summed E-state index contributed by atoms with van der Waals surface area (Å²) in [6.45, 7) is 6.02. The lowest BCUT2D eigenvalue weighted by molar-refractivity contribution is -0.153. The van der Waals surface area contributed by atoms with E-state index in [2.05, 4.69) is 13.8 Å². The summed E-state index contributed by atoms with van der Waals surface area (Å²) in [5.74, 6) is -0.715. The molecule has 0 spiro atoms. The van der Waals surface area contributed by atoms with Crippen LogP contribution in [-0.2, 0) is 14.3 Å². The number of nitrogens with zero attached hydrogens (tertiary/aromatic N) is 1. The number of carboxylic acids is 1. The van der Waals surface area contributed by atoms with Crippen molar-refractivity contribution in [1.82, 2.24) is 4.90 Å². The molecule has 1 amide bonds. The third-order valence-electron chi connectivity index (χ3n) is 3.67. The Balaban J connectivity index is 1.86. The van der Waals surface area contributed by atoms with Gasteiger partial charge in [0.15, 0.2) is 0 Å². The zero-order valence-corrected chi connectivity index (χ0v) is 11.0. The maximum absolute atomic E-state index is 12.1. The lowest BCUT2D eigenvalue weighted by Gasteiger charge is -2.20. The second-order valence-corrected chi connectivity index (χ2v) is 5.78. The monoisotopic (exact) mass is 255 g/mol. The lowest BCUT2D eigenvalue weighted by Crippen LogP contribution is -2.40. The van der Waals surface area contributed by atoms with Crippen molar-refractivity contribution in [2.45, 2.75) is 39.2 Å². The molecule has 1 N–H and O–H groups in total. The molecule has 18 heavy (non-hydrogen) atoms. The van der Waals surface area contributed by atoms with Crippen LogP contribution >= 0.6 is 0 Å². The van der Waals surface area contributed by atoms with Gasteiger partial charge in [-0.1, -0.05) is 13.8 Å². The van der Waals surface area contributed by atoms with Gasteiger partial charge in [0.25, 0.3) is 0 Å². The van der Waals surface area contributed by atoms with E-state index in [1.807, 2.05) is 0 Å². The van der Waals surface area contributed by atoms with E-state index in [4.69, 9.17) is 9.84 Å². The summed E-state index contributed by atoms with van der Waals surface area (Å²) in [5, 5.41) is 9.10. The predicted molar refractivity (Wildman–Crippen MR) is 65.1 cm³/mol. The van der Waals surface area contributed by atoms with E-state index in [0.717, 1.165) is 6.42 Å². The summed E-state index contributed by atoms with van der Waals surface area (Å²) < 4.78 is 5.70. The molecule has 1 unspecified atom stereocenters. The Bertz CT molecular complexity index is 349. The Labute approximate surface area is 107 Å². The van der Waals surface area contributed by atoms with Crippen molar-refractivity contribution >= 4 is 11.9 Å². The van der Waals surface area contributed by atoms with Gasteiger partial charge in [0.05, 0.1) is 6.10 Å². The van der Waals surface area contributed by atoms with Crippen molar-refractivity contribution in [1.29, 1.82) is 0 Å². The summed E-state index contributed by atoms with van der Waals surface area (Å²) in [6.07, 6.45) is 1.85. The summed E-state index contributed by atoms with van der Waals surface area (Å²) in [7, 11) is 0. The molecule has 1 heterocycles. The van der Waals surface area contributed by atoms with Crippen LogP contribution in [0.4, 0.5) is 0 Å². The van der Waals surface area contributed by atoms with Gasteiger partial charge in [-0.05, 0) is 25.2 Å². The second kappa shape index (κ2) is 4.88. The van der Waals surface area contributed by atoms with Gasteiger partial charge in [-0.3, -0.25) is 9.59 Å². The van der Waals surface area contributed by atoms with Crippen molar-refractivity contribution in [2.24, 2.45) is 11.3 Å². The number of likely N-dealkylation sites (tertiary alicyclic amines) is 1. The smallest absolute Gasteiger partial charge is 0.319 e. The van der Waals surface area contributed by atoms with Crippen molar-refractivity contribution in [2.75, 3.05) is 19.7 Å². The molecule has 0 aromatic heterocycles. The molecular formula is C13H21NO4. The molecule has 5 nitrogen and oxygen atoms in total. The molecule has 5 heteroatoms. The van der Waals surface area contributed by atoms with Crippen LogP contribution in [0.3, 0.4) is 0 Å². The fourth-order valence-corrected chi connectivity index (χ4v) is 2.32. The highest BCUT2D eigenvalue weighted by Gasteiger charge is 2.59. The maximum Gasteiger partial charge on any atom is 0.319 e. The predicted octanol–water partition coefficient (Wildman–Crippen LogP) is 1.12. The molecule has 1 saturated carbocycles. The Morgan fingerprint density at radius 3 is 2.61 bits per heavy atom. The number of hydrogen-bond donors (Lipinski definition) is 1. The Morgan fingerprint density at radius 2 is 2.11 bits per heavy atom. The van der Waals surface area contributed by atoms with Crippen LogP contribution in [0, 0.1) is 11.3 Å². The fraction of sp³-hybridized carbons (Fsp3) is 0.846. The topological polar surface area (TPSA) is 66.8 Å². The first kappa shape index (κ1) is 13.3. The summed E-state index contributed by atoms with van der Waals surface area (Å²) >= 11 is 0. The molecule has 2 aliphatic rings. The molecule has 0 aromatic carbocycles. The first-order valence-electron chi connectivity index (χ1n) is 6.60. The molecule has 1 atom stereocenters. The second-order valence-electron chi connectivity index (χ2n) is 5.78. The minimum Gasteiger partial charge on any atom is -0.480 e. The van der Waals surface area contributed by atoms with Crippen molar-refractivity contribution in [3.63, 3.8) is 0 Å². The van der Waals surface area contributed by atoms with Gasteiger partial charge in [-0.25, -0.2) is 0 Å². The van der Waals surface area contributed by atoms with Crippen molar-refractivity contribution in [3.8, 4) is 0 Å². The fourth-order valence-electron chi connectivity index (χ4n) is 2.32. The van der Waals surface area contributed by atoms with Gasteiger partial charge in [-0.2, -0.15) is 0 Å². The van der Waals surface area contributed by atoms with Crippen LogP contribution in [0.5, 0.6) is 0 Å². The highest BCUT2D eigenvalue weighted by molar-refractivity contribution is 6.04. The minimum atomic E-state index is -1.10. The molecule has 102 valence electrons. The molecule has 2 fully saturated rings. The molecule has 1 aliphatic heterocycles. The van der Waals surface area contributed by atoms with Gasteiger partial charge < -0.3 is 14.7 Å². The van der Waals surface area contributed by atoms with E-state index in [0.29, 0.717) is 38.5 Å². The van der Waals surface area contributed by atoms with Gasteiger partial charge in [0.2, 0.25) is 5.91 Å². The van der Waals surface area contributed by atoms with Crippen LogP contribution in [-0.4, -0.2) is 47.7 Å². The van der Waals surface area contributed by atoms with Crippen LogP contribution < -0.4 is 0 Å². The Hall–Kier alpha value is -1.10. The average molecular weight is 255 g/mol. The van der Waals surface area contributed by atoms with E-state index in [9.17, 15) is 9.59 Å². The number of carboxylic acid groups (broad SMARTS) is 1. The third kappa shape index (κ3) is 2.51. The molecule has 0 bridgehead atoms. The lowest BCUT2D eigenvalue weighted by atomic mass is 10.1. The van der Waals surface area contributed by atoms with Gasteiger partial charge in [0, 0.05) is 19.7 Å². The number of hydrogen-bond acceptors (Lipinski definition) is 3. The molecule has 0 aromatic rings. The number of aliphatic carboxylic acids is 1. The molecular weight excluding hydrogens is 234 g/mol. The first-order valence-corrected chi connectivity index (χ1v) is 6.60. The van der Waals surface area contributed by atoms with Crippen LogP contribution in [0.15, 0.2) is 0 Å². The van der Waals surface area contributed by atoms with Crippen LogP contribution in [0.25, 0.3) is 0 Å². The number of carbonyl (C=O) groups is 2. The molecule has 0 radical (unpaired) electrons. The van der Waals surface area contributed by atoms with Gasteiger partial charge >= 0.3 is 5.97 Å². The van der Waals surface area contributed by atoms with Gasteiger partial charge in [0.1, 0.15) is 5.41 Å². The minimum absolute atomic E-state index is 0.0703. The van der Waals surface area contributed by atoms with Crippen LogP contribution in [0.2, 0.25) is 0 Å². The third-order valence-corrected chi connectivity index (χ3v) is 3.67.